The molecule has 1 aromatic rings. The van der Waals surface area contributed by atoms with Crippen molar-refractivity contribution in [2.45, 2.75) is 6.92 Å². The first kappa shape index (κ1) is 10.9. The second-order valence-corrected chi connectivity index (χ2v) is 4.12. The van der Waals surface area contributed by atoms with E-state index in [4.69, 9.17) is 9.47 Å². The lowest BCUT2D eigenvalue weighted by atomic mass is 10.2. The molecule has 1 aliphatic rings. The van der Waals surface area contributed by atoms with Crippen LogP contribution in [0.2, 0.25) is 0 Å². The first-order valence-corrected chi connectivity index (χ1v) is 5.29. The highest BCUT2D eigenvalue weighted by molar-refractivity contribution is 9.10. The van der Waals surface area contributed by atoms with E-state index in [1.807, 2.05) is 0 Å². The topological polar surface area (TPSA) is 61.6 Å². The van der Waals surface area contributed by atoms with Crippen LogP contribution in [0.1, 0.15) is 12.5 Å². The third-order valence-corrected chi connectivity index (χ3v) is 2.83. The van der Waals surface area contributed by atoms with E-state index in [0.717, 1.165) is 4.47 Å². The summed E-state index contributed by atoms with van der Waals surface area (Å²) in [6.07, 6.45) is 1.48. The molecule has 0 radical (unpaired) electrons. The van der Waals surface area contributed by atoms with Gasteiger partial charge in [0, 0.05) is 17.5 Å². The normalized spacial score (nSPS) is 14.0. The maximum absolute atomic E-state index is 10.5. The molecule has 0 saturated carbocycles. The molecule has 1 aromatic carbocycles. The predicted molar refractivity (Wildman–Crippen MR) is 60.9 cm³/mol. The first-order valence-electron chi connectivity index (χ1n) is 4.50. The van der Waals surface area contributed by atoms with E-state index >= 15 is 0 Å². The van der Waals surface area contributed by atoms with E-state index in [-0.39, 0.29) is 12.5 Å². The molecule has 6 heteroatoms. The Balaban J connectivity index is 2.43. The van der Waals surface area contributed by atoms with Crippen molar-refractivity contribution in [3.05, 3.63) is 38.0 Å². The number of nitro groups is 1. The summed E-state index contributed by atoms with van der Waals surface area (Å²) in [7, 11) is 0. The predicted octanol–water partition coefficient (Wildman–Crippen LogP) is 2.82. The van der Waals surface area contributed by atoms with E-state index in [9.17, 15) is 10.1 Å². The SMILES string of the molecule is C/C(=C/c1cc2c(cc1Br)OCO2)[N+](=O)[O-]. The van der Waals surface area contributed by atoms with Gasteiger partial charge in [0.15, 0.2) is 11.5 Å². The van der Waals surface area contributed by atoms with Crippen molar-refractivity contribution < 1.29 is 14.4 Å². The van der Waals surface area contributed by atoms with Gasteiger partial charge in [-0.05, 0) is 17.7 Å². The number of allylic oxidation sites excluding steroid dienone is 1. The molecule has 0 saturated heterocycles. The minimum Gasteiger partial charge on any atom is -0.454 e. The Labute approximate surface area is 99.9 Å². The van der Waals surface area contributed by atoms with Gasteiger partial charge >= 0.3 is 0 Å². The summed E-state index contributed by atoms with van der Waals surface area (Å²) in [5.74, 6) is 1.24. The van der Waals surface area contributed by atoms with Gasteiger partial charge in [-0.2, -0.15) is 0 Å². The molecule has 1 heterocycles. The van der Waals surface area contributed by atoms with Gasteiger partial charge < -0.3 is 9.47 Å². The smallest absolute Gasteiger partial charge is 0.243 e. The molecule has 2 rings (SSSR count). The molecule has 0 N–H and O–H groups in total. The summed E-state index contributed by atoms with van der Waals surface area (Å²) in [6.45, 7) is 1.63. The number of hydrogen-bond donors (Lipinski definition) is 0. The zero-order valence-corrected chi connectivity index (χ0v) is 9.98. The van der Waals surface area contributed by atoms with Crippen molar-refractivity contribution in [3.8, 4) is 11.5 Å². The summed E-state index contributed by atoms with van der Waals surface area (Å²) in [6, 6.07) is 3.45. The fourth-order valence-corrected chi connectivity index (χ4v) is 1.76. The van der Waals surface area contributed by atoms with Gasteiger partial charge in [0.2, 0.25) is 12.5 Å². The number of halogens is 1. The number of hydrogen-bond acceptors (Lipinski definition) is 4. The molecule has 1 aliphatic heterocycles. The van der Waals surface area contributed by atoms with E-state index in [0.29, 0.717) is 17.1 Å². The third kappa shape index (κ3) is 2.01. The quantitative estimate of drug-likeness (QED) is 0.619. The summed E-state index contributed by atoms with van der Waals surface area (Å²) >= 11 is 3.32. The van der Waals surface area contributed by atoms with Crippen LogP contribution in [0.15, 0.2) is 22.3 Å². The number of nitrogens with zero attached hydrogens (tertiary/aromatic N) is 1. The van der Waals surface area contributed by atoms with Crippen molar-refractivity contribution in [3.63, 3.8) is 0 Å². The van der Waals surface area contributed by atoms with Gasteiger partial charge in [-0.15, -0.1) is 0 Å². The molecule has 0 fully saturated rings. The second kappa shape index (κ2) is 4.13. The Kier molecular flexibility index (Phi) is 2.82. The Morgan fingerprint density at radius 3 is 2.75 bits per heavy atom. The van der Waals surface area contributed by atoms with Crippen LogP contribution < -0.4 is 9.47 Å². The Hall–Kier alpha value is -1.56. The van der Waals surface area contributed by atoms with E-state index in [2.05, 4.69) is 15.9 Å². The number of ether oxygens (including phenoxy) is 2. The average molecular weight is 286 g/mol. The molecule has 0 bridgehead atoms. The van der Waals surface area contributed by atoms with Crippen LogP contribution in [0, 0.1) is 10.1 Å². The summed E-state index contributed by atoms with van der Waals surface area (Å²) < 4.78 is 11.1. The van der Waals surface area contributed by atoms with Crippen molar-refractivity contribution in [1.29, 1.82) is 0 Å². The minimum absolute atomic E-state index is 0.0690. The number of benzene rings is 1. The van der Waals surface area contributed by atoms with Crippen LogP contribution in [0.25, 0.3) is 6.08 Å². The van der Waals surface area contributed by atoms with Gasteiger partial charge in [-0.1, -0.05) is 15.9 Å². The lowest BCUT2D eigenvalue weighted by Gasteiger charge is -2.01. The Morgan fingerprint density at radius 1 is 1.50 bits per heavy atom. The Bertz CT molecular complexity index is 484. The van der Waals surface area contributed by atoms with Crippen LogP contribution in [0.4, 0.5) is 0 Å². The van der Waals surface area contributed by atoms with Crippen molar-refractivity contribution in [1.82, 2.24) is 0 Å². The molecule has 0 amide bonds. The monoisotopic (exact) mass is 285 g/mol. The van der Waals surface area contributed by atoms with Crippen molar-refractivity contribution in [2.75, 3.05) is 6.79 Å². The molecular formula is C10H8BrNO4. The molecule has 0 spiro atoms. The highest BCUT2D eigenvalue weighted by Gasteiger charge is 2.16. The summed E-state index contributed by atoms with van der Waals surface area (Å²) in [4.78, 5) is 10.1. The van der Waals surface area contributed by atoms with Gasteiger partial charge in [0.1, 0.15) is 0 Å². The summed E-state index contributed by atoms with van der Waals surface area (Å²) in [5, 5.41) is 10.5. The molecule has 84 valence electrons. The minimum atomic E-state index is -0.434. The molecular weight excluding hydrogens is 278 g/mol. The fraction of sp³-hybridized carbons (Fsp3) is 0.200. The van der Waals surface area contributed by atoms with Gasteiger partial charge in [-0.3, -0.25) is 10.1 Å². The van der Waals surface area contributed by atoms with E-state index in [1.165, 1.54) is 13.0 Å². The third-order valence-electron chi connectivity index (χ3n) is 2.14. The maximum Gasteiger partial charge on any atom is 0.243 e. The van der Waals surface area contributed by atoms with Crippen LogP contribution in [-0.4, -0.2) is 11.7 Å². The molecule has 0 atom stereocenters. The zero-order valence-electron chi connectivity index (χ0n) is 8.40. The van der Waals surface area contributed by atoms with Crippen molar-refractivity contribution >= 4 is 22.0 Å². The molecule has 0 aliphatic carbocycles. The highest BCUT2D eigenvalue weighted by Crippen LogP contribution is 2.37. The number of fused-ring (bicyclic) bond motifs is 1. The maximum atomic E-state index is 10.5. The lowest BCUT2D eigenvalue weighted by Crippen LogP contribution is -1.93. The Morgan fingerprint density at radius 2 is 2.12 bits per heavy atom. The van der Waals surface area contributed by atoms with E-state index in [1.54, 1.807) is 12.1 Å². The van der Waals surface area contributed by atoms with Gasteiger partial charge in [0.25, 0.3) is 0 Å². The lowest BCUT2D eigenvalue weighted by molar-refractivity contribution is -0.422. The van der Waals surface area contributed by atoms with Gasteiger partial charge in [0.05, 0.1) is 4.92 Å². The molecule has 0 aromatic heterocycles. The van der Waals surface area contributed by atoms with Crippen molar-refractivity contribution in [2.24, 2.45) is 0 Å². The van der Waals surface area contributed by atoms with Gasteiger partial charge in [-0.25, -0.2) is 0 Å². The largest absolute Gasteiger partial charge is 0.454 e. The standard InChI is InChI=1S/C10H8BrNO4/c1-6(12(13)14)2-7-3-9-10(4-8(7)11)16-5-15-9/h2-4H,5H2,1H3/b6-2-. The van der Waals surface area contributed by atoms with Crippen LogP contribution >= 0.6 is 15.9 Å². The molecule has 16 heavy (non-hydrogen) atoms. The molecule has 5 nitrogen and oxygen atoms in total. The highest BCUT2D eigenvalue weighted by atomic mass is 79.9. The fourth-order valence-electron chi connectivity index (χ4n) is 1.32. The molecule has 0 unspecified atom stereocenters. The number of rotatable bonds is 2. The van der Waals surface area contributed by atoms with E-state index < -0.39 is 4.92 Å². The van der Waals surface area contributed by atoms with Crippen LogP contribution in [-0.2, 0) is 0 Å². The zero-order chi connectivity index (χ0) is 11.7. The van der Waals surface area contributed by atoms with Crippen LogP contribution in [0.5, 0.6) is 11.5 Å². The second-order valence-electron chi connectivity index (χ2n) is 3.27. The average Bonchev–Trinajstić information content (AvgIpc) is 2.65. The van der Waals surface area contributed by atoms with Crippen LogP contribution in [0.3, 0.4) is 0 Å². The first-order chi connectivity index (χ1) is 7.58. The summed E-state index contributed by atoms with van der Waals surface area (Å²) in [5.41, 5.74) is 0.762.